The molecule has 2 unspecified atom stereocenters. The predicted octanol–water partition coefficient (Wildman–Crippen LogP) is -0.356. The van der Waals surface area contributed by atoms with E-state index in [4.69, 9.17) is 7.01 Å². The molecule has 3 amide bonds. The summed E-state index contributed by atoms with van der Waals surface area (Å²) in [6.07, 6.45) is 0.0854. The molecule has 0 spiro atoms. The maximum Gasteiger partial charge on any atom is 0.248 e. The zero-order valence-electron chi connectivity index (χ0n) is 10.8. The van der Waals surface area contributed by atoms with Crippen LogP contribution in [0.1, 0.15) is 16.8 Å². The second-order valence-electron chi connectivity index (χ2n) is 3.96. The van der Waals surface area contributed by atoms with Gasteiger partial charge in [-0.1, -0.05) is 0 Å². The van der Waals surface area contributed by atoms with E-state index in [1.807, 2.05) is 0 Å². The fourth-order valence-corrected chi connectivity index (χ4v) is 2.54. The molecule has 7 heteroatoms. The van der Waals surface area contributed by atoms with Crippen LogP contribution < -0.4 is 10.6 Å². The number of hydrogen-bond donors (Lipinski definition) is 1. The number of primary amides is 1. The van der Waals surface area contributed by atoms with Crippen molar-refractivity contribution in [2.45, 2.75) is 12.1 Å². The van der Waals surface area contributed by atoms with E-state index in [1.54, 1.807) is 7.57 Å². The van der Waals surface area contributed by atoms with Crippen LogP contribution in [-0.2, 0) is 9.59 Å². The average Bonchev–Trinajstić information content (AvgIpc) is 2.65. The molecule has 0 aromatic heterocycles. The summed E-state index contributed by atoms with van der Waals surface area (Å²) in [5.74, 6) is -1.20. The highest BCUT2D eigenvalue weighted by atomic mass is 31.1. The molecular weight excluding hydrogens is 250 g/mol. The first-order valence-electron chi connectivity index (χ1n) is 5.85. The van der Waals surface area contributed by atoms with Crippen LogP contribution in [0, 0.1) is 0 Å². The lowest BCUT2D eigenvalue weighted by molar-refractivity contribution is -0.121. The largest absolute Gasteiger partial charge is 0.366 e. The second kappa shape index (κ2) is 4.90. The van der Waals surface area contributed by atoms with E-state index in [0.717, 1.165) is 4.90 Å². The van der Waals surface area contributed by atoms with Crippen molar-refractivity contribution in [1.82, 2.24) is 0 Å². The van der Waals surface area contributed by atoms with Gasteiger partial charge in [-0.15, -0.1) is 0 Å². The number of hydrogen-bond acceptors (Lipinski definition) is 3. The van der Waals surface area contributed by atoms with Crippen molar-refractivity contribution in [3.63, 3.8) is 0 Å². The minimum atomic E-state index is -1.24. The van der Waals surface area contributed by atoms with E-state index in [0.29, 0.717) is 11.3 Å². The number of imide groups is 1. The number of nitrogens with two attached hydrogens (primary N) is 1. The first kappa shape index (κ1) is 11.4. The Morgan fingerprint density at radius 1 is 1.44 bits per heavy atom. The number of nitrogens with zero attached hydrogens (tertiary/aromatic N) is 1. The number of benzene rings is 1. The van der Waals surface area contributed by atoms with Gasteiger partial charge in [0, 0.05) is 13.3 Å². The van der Waals surface area contributed by atoms with E-state index in [1.165, 1.54) is 24.3 Å². The lowest BCUT2D eigenvalue weighted by atomic mass is 10.2. The molecule has 1 saturated heterocycles. The van der Waals surface area contributed by atoms with E-state index < -0.39 is 20.0 Å². The lowest BCUT2D eigenvalue weighted by Gasteiger charge is -2.14. The highest BCUT2D eigenvalue weighted by Gasteiger charge is 2.38. The molecule has 0 bridgehead atoms. The molecule has 5 nitrogen and oxygen atoms in total. The van der Waals surface area contributed by atoms with E-state index in [2.05, 4.69) is 0 Å². The number of rotatable bonds is 3. The smallest absolute Gasteiger partial charge is 0.248 e. The molecule has 2 rings (SSSR count). The fraction of sp³-hybridized carbons (Fsp3) is 0.182. The first-order chi connectivity index (χ1) is 8.91. The summed E-state index contributed by atoms with van der Waals surface area (Å²) in [7, 11) is 0.420. The van der Waals surface area contributed by atoms with E-state index in [9.17, 15) is 14.4 Å². The van der Waals surface area contributed by atoms with Gasteiger partial charge in [-0.2, -0.15) is 8.40 Å². The Labute approximate surface area is 108 Å². The van der Waals surface area contributed by atoms with Gasteiger partial charge in [0.25, 0.3) is 0 Å². The quantitative estimate of drug-likeness (QED) is 0.459. The van der Waals surface area contributed by atoms with Gasteiger partial charge in [0.15, 0.2) is 0 Å². The highest BCUT2D eigenvalue weighted by Crippen LogP contribution is 2.30. The molecule has 1 aromatic rings. The molecule has 1 aromatic carbocycles. The number of anilines is 1. The van der Waals surface area contributed by atoms with Crippen LogP contribution in [-0.4, -0.2) is 32.2 Å². The number of carbonyl (C=O) groups excluding carboxylic acids is 3. The summed E-state index contributed by atoms with van der Waals surface area (Å²) in [6.45, 7) is 0. The second-order valence-corrected chi connectivity index (χ2v) is 5.10. The van der Waals surface area contributed by atoms with E-state index in [-0.39, 0.29) is 18.2 Å². The maximum atomic E-state index is 12.1. The molecule has 1 aliphatic heterocycles. The van der Waals surface area contributed by atoms with Gasteiger partial charge in [-0.25, -0.2) is 0 Å². The first-order valence-corrected chi connectivity index (χ1v) is 6.81. The molecule has 1 heterocycles. The van der Waals surface area contributed by atoms with Crippen molar-refractivity contribution in [3.8, 4) is 0 Å². The van der Waals surface area contributed by atoms with Crippen LogP contribution in [0.4, 0.5) is 5.69 Å². The SMILES string of the molecule is [2H]P(B)C1CC(=O)N(c2ccc(C(N)=O)cc2)C1=O. The molecule has 2 atom stereocenters. The topological polar surface area (TPSA) is 80.5 Å². The predicted molar refractivity (Wildman–Crippen MR) is 72.7 cm³/mol. The molecule has 1 fully saturated rings. The minimum Gasteiger partial charge on any atom is -0.366 e. The van der Waals surface area contributed by atoms with Gasteiger partial charge in [0.05, 0.1) is 11.3 Å². The summed E-state index contributed by atoms with van der Waals surface area (Å²) in [5.41, 5.74) is 5.33. The molecular formula is C11H12BN2O3P. The average molecular weight is 263 g/mol. The van der Waals surface area contributed by atoms with Crippen LogP contribution in [0.3, 0.4) is 0 Å². The molecule has 1 aliphatic rings. The Bertz CT molecular complexity index is 549. The molecule has 92 valence electrons. The zero-order valence-corrected chi connectivity index (χ0v) is 10.7. The zero-order chi connectivity index (χ0) is 14.2. The van der Waals surface area contributed by atoms with Crippen LogP contribution in [0.15, 0.2) is 24.3 Å². The van der Waals surface area contributed by atoms with Crippen LogP contribution in [0.2, 0.25) is 0 Å². The summed E-state index contributed by atoms with van der Waals surface area (Å²) >= 11 is 0. The third-order valence-corrected chi connectivity index (χ3v) is 3.87. The van der Waals surface area contributed by atoms with Gasteiger partial charge < -0.3 is 5.73 Å². The summed E-state index contributed by atoms with van der Waals surface area (Å²) < 4.78 is 7.64. The van der Waals surface area contributed by atoms with Gasteiger partial charge in [0.1, 0.15) is 7.57 Å². The summed E-state index contributed by atoms with van der Waals surface area (Å²) in [4.78, 5) is 36.0. The minimum absolute atomic E-state index is 0.0854. The molecule has 0 saturated carbocycles. The molecule has 18 heavy (non-hydrogen) atoms. The Morgan fingerprint density at radius 2 is 2.06 bits per heavy atom. The van der Waals surface area contributed by atoms with Crippen LogP contribution >= 0.6 is 8.40 Å². The Kier molecular flexibility index (Phi) is 3.11. The van der Waals surface area contributed by atoms with Gasteiger partial charge in [-0.05, 0) is 24.3 Å². The van der Waals surface area contributed by atoms with Gasteiger partial charge in [-0.3, -0.25) is 19.3 Å². The van der Waals surface area contributed by atoms with E-state index >= 15 is 0 Å². The highest BCUT2D eigenvalue weighted by molar-refractivity contribution is 7.67. The van der Waals surface area contributed by atoms with Crippen molar-refractivity contribution in [2.24, 2.45) is 5.73 Å². The third-order valence-electron chi connectivity index (χ3n) is 2.84. The van der Waals surface area contributed by atoms with Crippen LogP contribution in [0.25, 0.3) is 0 Å². The van der Waals surface area contributed by atoms with Crippen molar-refractivity contribution in [1.29, 1.82) is 1.28 Å². The summed E-state index contributed by atoms with van der Waals surface area (Å²) in [6, 6.07) is 5.97. The molecule has 2 N–H and O–H groups in total. The van der Waals surface area contributed by atoms with Crippen molar-refractivity contribution < 1.29 is 14.4 Å². The molecule has 0 aliphatic carbocycles. The van der Waals surface area contributed by atoms with Crippen LogP contribution in [0.5, 0.6) is 0 Å². The Hall–Kier alpha value is -1.68. The molecule has 0 radical (unpaired) electrons. The lowest BCUT2D eigenvalue weighted by Crippen LogP contribution is -2.30. The van der Waals surface area contributed by atoms with Gasteiger partial charge in [0.2, 0.25) is 17.7 Å². The normalized spacial score (nSPS) is 21.9. The standard InChI is InChI=1S/C11H12BN2O3P/c12-18-8-5-9(15)14(11(8)17)7-3-1-6(2-4-7)10(13)16/h1-4,8,18H,5,12H2,(H2,13,16)/i18D. The third kappa shape index (κ3) is 2.16. The maximum absolute atomic E-state index is 12.1. The summed E-state index contributed by atoms with van der Waals surface area (Å²) in [5, 5.41) is 0. The van der Waals surface area contributed by atoms with Gasteiger partial charge >= 0.3 is 0 Å². The number of carbonyl (C=O) groups is 3. The van der Waals surface area contributed by atoms with Crippen molar-refractivity contribution in [2.75, 3.05) is 4.90 Å². The number of amides is 3. The fourth-order valence-electron chi connectivity index (χ4n) is 1.86. The monoisotopic (exact) mass is 263 g/mol. The van der Waals surface area contributed by atoms with Crippen molar-refractivity contribution >= 4 is 39.4 Å². The van der Waals surface area contributed by atoms with Crippen molar-refractivity contribution in [3.05, 3.63) is 29.8 Å². The Morgan fingerprint density at radius 3 is 2.50 bits per heavy atom. The Balaban J connectivity index is 2.29.